The number of thiophene rings is 1. The largest absolute Gasteiger partial charge is 0.144 e. The van der Waals surface area contributed by atoms with E-state index in [2.05, 4.69) is 31.4 Å². The zero-order chi connectivity index (χ0) is 9.42. The second-order valence-electron chi connectivity index (χ2n) is 3.35. The van der Waals surface area contributed by atoms with E-state index in [4.69, 9.17) is 11.6 Å². The average Bonchev–Trinajstić information content (AvgIpc) is 2.46. The Kier molecular flexibility index (Phi) is 2.31. The first-order valence-electron chi connectivity index (χ1n) is 4.25. The predicted octanol–water partition coefficient (Wildman–Crippen LogP) is 4.26. The highest BCUT2D eigenvalue weighted by atomic mass is 35.5. The molecule has 0 amide bonds. The SMILES string of the molecule is Cc1cc(CCl)c2c(C)csc2c1. The van der Waals surface area contributed by atoms with Gasteiger partial charge in [-0.3, -0.25) is 0 Å². The van der Waals surface area contributed by atoms with Gasteiger partial charge in [0.1, 0.15) is 0 Å². The Morgan fingerprint density at radius 2 is 2.08 bits per heavy atom. The van der Waals surface area contributed by atoms with Gasteiger partial charge in [-0.25, -0.2) is 0 Å². The highest BCUT2D eigenvalue weighted by Crippen LogP contribution is 2.30. The lowest BCUT2D eigenvalue weighted by Crippen LogP contribution is -1.82. The minimum absolute atomic E-state index is 0.607. The topological polar surface area (TPSA) is 0 Å². The van der Waals surface area contributed by atoms with Crippen LogP contribution in [0.15, 0.2) is 17.5 Å². The summed E-state index contributed by atoms with van der Waals surface area (Å²) in [5.41, 5.74) is 3.90. The minimum Gasteiger partial charge on any atom is -0.144 e. The first-order valence-corrected chi connectivity index (χ1v) is 5.67. The molecule has 13 heavy (non-hydrogen) atoms. The van der Waals surface area contributed by atoms with Crippen molar-refractivity contribution in [2.45, 2.75) is 19.7 Å². The van der Waals surface area contributed by atoms with Gasteiger partial charge in [0.15, 0.2) is 0 Å². The normalized spacial score (nSPS) is 11.0. The van der Waals surface area contributed by atoms with E-state index < -0.39 is 0 Å². The molecule has 1 aromatic heterocycles. The van der Waals surface area contributed by atoms with Crippen molar-refractivity contribution in [1.82, 2.24) is 0 Å². The number of benzene rings is 1. The first-order chi connectivity index (χ1) is 6.22. The van der Waals surface area contributed by atoms with Crippen LogP contribution >= 0.6 is 22.9 Å². The third-order valence-corrected chi connectivity index (χ3v) is 3.56. The summed E-state index contributed by atoms with van der Waals surface area (Å²) in [6.45, 7) is 4.26. The number of halogens is 1. The summed E-state index contributed by atoms with van der Waals surface area (Å²) in [5, 5.41) is 3.55. The van der Waals surface area contributed by atoms with Crippen molar-refractivity contribution in [3.05, 3.63) is 34.2 Å². The Hall–Kier alpha value is -0.530. The lowest BCUT2D eigenvalue weighted by molar-refractivity contribution is 1.38. The summed E-state index contributed by atoms with van der Waals surface area (Å²) in [5.74, 6) is 0.607. The molecule has 0 nitrogen and oxygen atoms in total. The van der Waals surface area contributed by atoms with Crippen LogP contribution in [0.4, 0.5) is 0 Å². The number of hydrogen-bond donors (Lipinski definition) is 0. The second-order valence-corrected chi connectivity index (χ2v) is 4.53. The highest BCUT2D eigenvalue weighted by Gasteiger charge is 2.05. The smallest absolute Gasteiger partial charge is 0.0480 e. The molecule has 0 bridgehead atoms. The van der Waals surface area contributed by atoms with Crippen molar-refractivity contribution < 1.29 is 0 Å². The van der Waals surface area contributed by atoms with Crippen molar-refractivity contribution in [1.29, 1.82) is 0 Å². The van der Waals surface area contributed by atoms with Crippen LogP contribution in [0.5, 0.6) is 0 Å². The Bertz CT molecular complexity index is 443. The Labute approximate surface area is 87.2 Å². The van der Waals surface area contributed by atoms with Gasteiger partial charge >= 0.3 is 0 Å². The Morgan fingerprint density at radius 1 is 1.31 bits per heavy atom. The third-order valence-electron chi connectivity index (χ3n) is 2.23. The van der Waals surface area contributed by atoms with Crippen LogP contribution < -0.4 is 0 Å². The third kappa shape index (κ3) is 1.47. The molecule has 0 saturated heterocycles. The molecule has 2 rings (SSSR count). The monoisotopic (exact) mass is 210 g/mol. The summed E-state index contributed by atoms with van der Waals surface area (Å²) in [7, 11) is 0. The molecule has 2 heteroatoms. The van der Waals surface area contributed by atoms with E-state index in [-0.39, 0.29) is 0 Å². The fourth-order valence-electron chi connectivity index (χ4n) is 1.68. The maximum absolute atomic E-state index is 5.91. The van der Waals surface area contributed by atoms with Gasteiger partial charge in [-0.15, -0.1) is 22.9 Å². The molecule has 0 aliphatic heterocycles. The zero-order valence-electron chi connectivity index (χ0n) is 7.73. The van der Waals surface area contributed by atoms with Crippen molar-refractivity contribution in [2.24, 2.45) is 0 Å². The predicted molar refractivity (Wildman–Crippen MR) is 60.9 cm³/mol. The fraction of sp³-hybridized carbons (Fsp3) is 0.273. The summed E-state index contributed by atoms with van der Waals surface area (Å²) in [6.07, 6.45) is 0. The Morgan fingerprint density at radius 3 is 2.77 bits per heavy atom. The number of rotatable bonds is 1. The quantitative estimate of drug-likeness (QED) is 0.618. The molecule has 0 atom stereocenters. The van der Waals surface area contributed by atoms with Gasteiger partial charge in [0.05, 0.1) is 0 Å². The average molecular weight is 211 g/mol. The summed E-state index contributed by atoms with van der Waals surface area (Å²) in [4.78, 5) is 0. The van der Waals surface area contributed by atoms with Crippen LogP contribution in [-0.2, 0) is 5.88 Å². The molecule has 0 unspecified atom stereocenters. The number of alkyl halides is 1. The van der Waals surface area contributed by atoms with Crippen molar-refractivity contribution in [2.75, 3.05) is 0 Å². The molecule has 2 aromatic rings. The number of hydrogen-bond acceptors (Lipinski definition) is 1. The van der Waals surface area contributed by atoms with Crippen molar-refractivity contribution in [3.8, 4) is 0 Å². The van der Waals surface area contributed by atoms with E-state index >= 15 is 0 Å². The fourth-order valence-corrected chi connectivity index (χ4v) is 2.98. The molecule has 68 valence electrons. The molecule has 0 radical (unpaired) electrons. The van der Waals surface area contributed by atoms with E-state index in [0.29, 0.717) is 5.88 Å². The highest BCUT2D eigenvalue weighted by molar-refractivity contribution is 7.17. The van der Waals surface area contributed by atoms with Gasteiger partial charge in [-0.05, 0) is 47.4 Å². The molecule has 1 aromatic carbocycles. The maximum atomic E-state index is 5.91. The van der Waals surface area contributed by atoms with E-state index in [1.165, 1.54) is 26.8 Å². The molecule has 0 fully saturated rings. The van der Waals surface area contributed by atoms with Crippen molar-refractivity contribution >= 4 is 33.0 Å². The molecule has 0 N–H and O–H groups in total. The lowest BCUT2D eigenvalue weighted by atomic mass is 10.1. The van der Waals surface area contributed by atoms with Gasteiger partial charge in [-0.1, -0.05) is 6.07 Å². The molecular weight excluding hydrogens is 200 g/mol. The van der Waals surface area contributed by atoms with E-state index in [1.807, 2.05) is 0 Å². The number of fused-ring (bicyclic) bond motifs is 1. The van der Waals surface area contributed by atoms with Gasteiger partial charge in [0, 0.05) is 10.6 Å². The molecule has 0 aliphatic carbocycles. The molecule has 0 aliphatic rings. The number of aryl methyl sites for hydroxylation is 2. The summed E-state index contributed by atoms with van der Waals surface area (Å²) < 4.78 is 1.35. The van der Waals surface area contributed by atoms with E-state index in [1.54, 1.807) is 11.3 Å². The van der Waals surface area contributed by atoms with Crippen LogP contribution in [0.1, 0.15) is 16.7 Å². The maximum Gasteiger partial charge on any atom is 0.0480 e. The molecule has 0 spiro atoms. The van der Waals surface area contributed by atoms with Crippen LogP contribution in [0.2, 0.25) is 0 Å². The molecular formula is C11H11ClS. The van der Waals surface area contributed by atoms with Gasteiger partial charge in [0.2, 0.25) is 0 Å². The van der Waals surface area contributed by atoms with Gasteiger partial charge < -0.3 is 0 Å². The molecule has 1 heterocycles. The van der Waals surface area contributed by atoms with Crippen LogP contribution in [-0.4, -0.2) is 0 Å². The minimum atomic E-state index is 0.607. The zero-order valence-corrected chi connectivity index (χ0v) is 9.30. The van der Waals surface area contributed by atoms with E-state index in [9.17, 15) is 0 Å². The van der Waals surface area contributed by atoms with Gasteiger partial charge in [0.25, 0.3) is 0 Å². The van der Waals surface area contributed by atoms with E-state index in [0.717, 1.165) is 0 Å². The molecule has 0 saturated carbocycles. The second kappa shape index (κ2) is 3.32. The Balaban J connectivity index is 2.85. The van der Waals surface area contributed by atoms with Gasteiger partial charge in [-0.2, -0.15) is 0 Å². The standard InChI is InChI=1S/C11H11ClS/c1-7-3-9(5-12)11-8(2)6-13-10(11)4-7/h3-4,6H,5H2,1-2H3. The lowest BCUT2D eigenvalue weighted by Gasteiger charge is -2.02. The van der Waals surface area contributed by atoms with Crippen molar-refractivity contribution in [3.63, 3.8) is 0 Å². The summed E-state index contributed by atoms with van der Waals surface area (Å²) in [6, 6.07) is 4.40. The summed E-state index contributed by atoms with van der Waals surface area (Å²) >= 11 is 7.71. The van der Waals surface area contributed by atoms with Crippen LogP contribution in [0.3, 0.4) is 0 Å². The first kappa shape index (κ1) is 9.04. The van der Waals surface area contributed by atoms with Crippen LogP contribution in [0.25, 0.3) is 10.1 Å². The van der Waals surface area contributed by atoms with Crippen LogP contribution in [0, 0.1) is 13.8 Å².